The van der Waals surface area contributed by atoms with Gasteiger partial charge in [0, 0.05) is 19.6 Å². The van der Waals surface area contributed by atoms with E-state index < -0.39 is 0 Å². The fourth-order valence-corrected chi connectivity index (χ4v) is 1.95. The molecule has 1 atom stereocenters. The molecule has 0 aromatic rings. The van der Waals surface area contributed by atoms with Crippen LogP contribution in [0, 0.1) is 0 Å². The number of ether oxygens (including phenoxy) is 1. The van der Waals surface area contributed by atoms with Crippen molar-refractivity contribution >= 4 is 0 Å². The van der Waals surface area contributed by atoms with E-state index in [0.29, 0.717) is 6.10 Å². The van der Waals surface area contributed by atoms with Gasteiger partial charge < -0.3 is 9.64 Å². The van der Waals surface area contributed by atoms with Gasteiger partial charge >= 0.3 is 0 Å². The molecule has 0 aromatic heterocycles. The quantitative estimate of drug-likeness (QED) is 0.665. The van der Waals surface area contributed by atoms with Crippen LogP contribution in [0.4, 0.5) is 0 Å². The molecule has 1 fully saturated rings. The first-order chi connectivity index (χ1) is 7.26. The van der Waals surface area contributed by atoms with E-state index in [0.717, 1.165) is 32.8 Å². The van der Waals surface area contributed by atoms with Gasteiger partial charge in [-0.15, -0.1) is 0 Å². The molecule has 1 rings (SSSR count). The Hall–Kier alpha value is -0.120. The standard InChI is InChI=1S/C12H26N2O/c1-4-6-7-14-8-9-15-12(11-14)10-13(3)5-2/h12H,4-11H2,1-3H3. The van der Waals surface area contributed by atoms with Gasteiger partial charge in [0.25, 0.3) is 0 Å². The van der Waals surface area contributed by atoms with E-state index in [4.69, 9.17) is 4.74 Å². The van der Waals surface area contributed by atoms with E-state index in [1.54, 1.807) is 0 Å². The van der Waals surface area contributed by atoms with Crippen LogP contribution in [-0.2, 0) is 4.74 Å². The van der Waals surface area contributed by atoms with Gasteiger partial charge in [-0.3, -0.25) is 4.90 Å². The zero-order valence-electron chi connectivity index (χ0n) is 10.5. The monoisotopic (exact) mass is 214 g/mol. The average molecular weight is 214 g/mol. The van der Waals surface area contributed by atoms with Crippen molar-refractivity contribution in [1.82, 2.24) is 9.80 Å². The number of unbranched alkanes of at least 4 members (excludes halogenated alkanes) is 1. The van der Waals surface area contributed by atoms with Gasteiger partial charge in [-0.1, -0.05) is 20.3 Å². The molecule has 1 saturated heterocycles. The molecule has 3 heteroatoms. The summed E-state index contributed by atoms with van der Waals surface area (Å²) in [5, 5.41) is 0. The second-order valence-electron chi connectivity index (χ2n) is 4.50. The first kappa shape index (κ1) is 12.9. The summed E-state index contributed by atoms with van der Waals surface area (Å²) in [6.07, 6.45) is 3.02. The SMILES string of the molecule is CCCCN1CCOC(CN(C)CC)C1. The van der Waals surface area contributed by atoms with Crippen LogP contribution in [0.25, 0.3) is 0 Å². The van der Waals surface area contributed by atoms with Crippen LogP contribution < -0.4 is 0 Å². The topological polar surface area (TPSA) is 15.7 Å². The Balaban J connectivity index is 2.22. The largest absolute Gasteiger partial charge is 0.374 e. The molecule has 0 spiro atoms. The molecule has 1 heterocycles. The van der Waals surface area contributed by atoms with Crippen LogP contribution in [0.3, 0.4) is 0 Å². The van der Waals surface area contributed by atoms with Gasteiger partial charge in [-0.25, -0.2) is 0 Å². The minimum absolute atomic E-state index is 0.417. The van der Waals surface area contributed by atoms with Gasteiger partial charge in [0.2, 0.25) is 0 Å². The predicted octanol–water partition coefficient (Wildman–Crippen LogP) is 1.44. The van der Waals surface area contributed by atoms with Crippen LogP contribution in [0.1, 0.15) is 26.7 Å². The van der Waals surface area contributed by atoms with E-state index in [1.165, 1.54) is 19.4 Å². The molecule has 1 aliphatic rings. The molecule has 0 bridgehead atoms. The second-order valence-corrected chi connectivity index (χ2v) is 4.50. The minimum Gasteiger partial charge on any atom is -0.374 e. The van der Waals surface area contributed by atoms with Crippen molar-refractivity contribution in [2.75, 3.05) is 46.4 Å². The van der Waals surface area contributed by atoms with Crippen molar-refractivity contribution < 1.29 is 4.74 Å². The molecule has 0 radical (unpaired) electrons. The zero-order valence-corrected chi connectivity index (χ0v) is 10.5. The number of rotatable bonds is 6. The third-order valence-corrected chi connectivity index (χ3v) is 3.11. The highest BCUT2D eigenvalue weighted by molar-refractivity contribution is 4.73. The van der Waals surface area contributed by atoms with Crippen LogP contribution >= 0.6 is 0 Å². The Morgan fingerprint density at radius 3 is 2.87 bits per heavy atom. The van der Waals surface area contributed by atoms with E-state index in [2.05, 4.69) is 30.7 Å². The van der Waals surface area contributed by atoms with Crippen molar-refractivity contribution in [2.45, 2.75) is 32.8 Å². The first-order valence-corrected chi connectivity index (χ1v) is 6.28. The molecule has 0 amide bonds. The molecule has 3 nitrogen and oxygen atoms in total. The van der Waals surface area contributed by atoms with Crippen LogP contribution in [0.2, 0.25) is 0 Å². The average Bonchev–Trinajstić information content (AvgIpc) is 2.26. The lowest BCUT2D eigenvalue weighted by atomic mass is 10.2. The Kier molecular flexibility index (Phi) is 6.22. The van der Waals surface area contributed by atoms with E-state index >= 15 is 0 Å². The Bertz CT molecular complexity index is 164. The van der Waals surface area contributed by atoms with Gasteiger partial charge in [0.05, 0.1) is 12.7 Å². The molecule has 0 saturated carbocycles. The van der Waals surface area contributed by atoms with E-state index in [9.17, 15) is 0 Å². The predicted molar refractivity (Wildman–Crippen MR) is 64.3 cm³/mol. The summed E-state index contributed by atoms with van der Waals surface area (Å²) in [5.74, 6) is 0. The van der Waals surface area contributed by atoms with Gasteiger partial charge in [-0.05, 0) is 26.6 Å². The number of likely N-dealkylation sites (N-methyl/N-ethyl adjacent to an activating group) is 1. The third-order valence-electron chi connectivity index (χ3n) is 3.11. The number of hydrogen-bond donors (Lipinski definition) is 0. The lowest BCUT2D eigenvalue weighted by Gasteiger charge is -2.34. The van der Waals surface area contributed by atoms with Gasteiger partial charge in [0.1, 0.15) is 0 Å². The van der Waals surface area contributed by atoms with Crippen LogP contribution in [-0.4, -0.2) is 62.3 Å². The van der Waals surface area contributed by atoms with Crippen molar-refractivity contribution in [1.29, 1.82) is 0 Å². The highest BCUT2D eigenvalue weighted by Crippen LogP contribution is 2.07. The Morgan fingerprint density at radius 2 is 2.20 bits per heavy atom. The van der Waals surface area contributed by atoms with Gasteiger partial charge in [-0.2, -0.15) is 0 Å². The molecule has 1 unspecified atom stereocenters. The van der Waals surface area contributed by atoms with Crippen molar-refractivity contribution in [2.24, 2.45) is 0 Å². The maximum absolute atomic E-state index is 5.78. The first-order valence-electron chi connectivity index (χ1n) is 6.28. The molecule has 0 aromatic carbocycles. The fraction of sp³-hybridized carbons (Fsp3) is 1.00. The van der Waals surface area contributed by atoms with Crippen molar-refractivity contribution in [3.05, 3.63) is 0 Å². The minimum atomic E-state index is 0.417. The number of hydrogen-bond acceptors (Lipinski definition) is 3. The molecule has 0 aliphatic carbocycles. The lowest BCUT2D eigenvalue weighted by molar-refractivity contribution is -0.0401. The molecular weight excluding hydrogens is 188 g/mol. The maximum atomic E-state index is 5.78. The second kappa shape index (κ2) is 7.20. The Labute approximate surface area is 94.4 Å². The molecule has 0 N–H and O–H groups in total. The summed E-state index contributed by atoms with van der Waals surface area (Å²) in [4.78, 5) is 4.87. The summed E-state index contributed by atoms with van der Waals surface area (Å²) in [5.41, 5.74) is 0. The molecule has 15 heavy (non-hydrogen) atoms. The lowest BCUT2D eigenvalue weighted by Crippen LogP contribution is -2.47. The smallest absolute Gasteiger partial charge is 0.0829 e. The summed E-state index contributed by atoms with van der Waals surface area (Å²) >= 11 is 0. The molecular formula is C12H26N2O. The fourth-order valence-electron chi connectivity index (χ4n) is 1.95. The van der Waals surface area contributed by atoms with E-state index in [1.807, 2.05) is 0 Å². The number of morpholine rings is 1. The van der Waals surface area contributed by atoms with Crippen molar-refractivity contribution in [3.8, 4) is 0 Å². The summed E-state index contributed by atoms with van der Waals surface area (Å²) < 4.78 is 5.78. The number of nitrogens with zero attached hydrogens (tertiary/aromatic N) is 2. The zero-order chi connectivity index (χ0) is 11.1. The molecule has 90 valence electrons. The third kappa shape index (κ3) is 4.96. The van der Waals surface area contributed by atoms with Crippen molar-refractivity contribution in [3.63, 3.8) is 0 Å². The summed E-state index contributed by atoms with van der Waals surface area (Å²) in [7, 11) is 2.16. The highest BCUT2D eigenvalue weighted by Gasteiger charge is 2.20. The molecule has 1 aliphatic heterocycles. The normalized spacial score (nSPS) is 23.6. The highest BCUT2D eigenvalue weighted by atomic mass is 16.5. The maximum Gasteiger partial charge on any atom is 0.0829 e. The van der Waals surface area contributed by atoms with Crippen LogP contribution in [0.5, 0.6) is 0 Å². The van der Waals surface area contributed by atoms with E-state index in [-0.39, 0.29) is 0 Å². The summed E-state index contributed by atoms with van der Waals surface area (Å²) in [6.45, 7) is 11.0. The van der Waals surface area contributed by atoms with Crippen LogP contribution in [0.15, 0.2) is 0 Å². The Morgan fingerprint density at radius 1 is 1.40 bits per heavy atom. The van der Waals surface area contributed by atoms with Gasteiger partial charge in [0.15, 0.2) is 0 Å². The summed E-state index contributed by atoms with van der Waals surface area (Å²) in [6, 6.07) is 0.